The van der Waals surface area contributed by atoms with E-state index in [0.717, 1.165) is 11.1 Å². The van der Waals surface area contributed by atoms with Gasteiger partial charge in [-0.2, -0.15) is 0 Å². The number of ether oxygens (including phenoxy) is 1. The molecule has 1 N–H and O–H groups in total. The molecule has 2 rings (SSSR count). The number of rotatable bonds is 4. The molecule has 0 aliphatic heterocycles. The molecular formula is C17H19NO2. The van der Waals surface area contributed by atoms with Gasteiger partial charge >= 0.3 is 6.09 Å². The molecule has 0 aliphatic rings. The van der Waals surface area contributed by atoms with Crippen LogP contribution in [0.2, 0.25) is 0 Å². The molecule has 0 saturated heterocycles. The van der Waals surface area contributed by atoms with Crippen LogP contribution in [0.1, 0.15) is 29.7 Å². The van der Waals surface area contributed by atoms with Crippen LogP contribution in [0.5, 0.6) is 0 Å². The van der Waals surface area contributed by atoms with Crippen LogP contribution in [0.15, 0.2) is 54.6 Å². The van der Waals surface area contributed by atoms with Gasteiger partial charge in [0.1, 0.15) is 6.61 Å². The van der Waals surface area contributed by atoms with Crippen LogP contribution in [-0.4, -0.2) is 6.09 Å². The topological polar surface area (TPSA) is 38.3 Å². The molecule has 3 nitrogen and oxygen atoms in total. The largest absolute Gasteiger partial charge is 0.445 e. The van der Waals surface area contributed by atoms with Crippen LogP contribution >= 0.6 is 0 Å². The Bertz CT molecular complexity index is 566. The average Bonchev–Trinajstić information content (AvgIpc) is 2.46. The lowest BCUT2D eigenvalue weighted by molar-refractivity contribution is 0.136. The Labute approximate surface area is 119 Å². The van der Waals surface area contributed by atoms with E-state index >= 15 is 0 Å². The average molecular weight is 269 g/mol. The Morgan fingerprint density at radius 1 is 1.15 bits per heavy atom. The van der Waals surface area contributed by atoms with E-state index in [1.807, 2.05) is 62.4 Å². The second-order valence-electron chi connectivity index (χ2n) is 4.84. The smallest absolute Gasteiger partial charge is 0.407 e. The molecule has 104 valence electrons. The van der Waals surface area contributed by atoms with Gasteiger partial charge in [0.05, 0.1) is 6.04 Å². The molecular weight excluding hydrogens is 250 g/mol. The Morgan fingerprint density at radius 3 is 2.60 bits per heavy atom. The molecule has 0 saturated carbocycles. The van der Waals surface area contributed by atoms with Gasteiger partial charge in [-0.1, -0.05) is 60.2 Å². The van der Waals surface area contributed by atoms with E-state index in [0.29, 0.717) is 0 Å². The molecule has 2 aromatic rings. The van der Waals surface area contributed by atoms with Crippen LogP contribution < -0.4 is 5.32 Å². The zero-order valence-corrected chi connectivity index (χ0v) is 11.8. The molecule has 0 spiro atoms. The van der Waals surface area contributed by atoms with Crippen molar-refractivity contribution < 1.29 is 9.53 Å². The van der Waals surface area contributed by atoms with Gasteiger partial charge in [-0.25, -0.2) is 4.79 Å². The summed E-state index contributed by atoms with van der Waals surface area (Å²) in [6.45, 7) is 4.26. The molecule has 0 radical (unpaired) electrons. The second kappa shape index (κ2) is 6.75. The highest BCUT2D eigenvalue weighted by molar-refractivity contribution is 5.67. The Kier molecular flexibility index (Phi) is 4.77. The number of hydrogen-bond acceptors (Lipinski definition) is 2. The van der Waals surface area contributed by atoms with Crippen molar-refractivity contribution in [2.75, 3.05) is 0 Å². The van der Waals surface area contributed by atoms with Crippen molar-refractivity contribution in [3.63, 3.8) is 0 Å². The molecule has 0 heterocycles. The second-order valence-corrected chi connectivity index (χ2v) is 4.84. The first kappa shape index (κ1) is 14.1. The summed E-state index contributed by atoms with van der Waals surface area (Å²) in [5, 5.41) is 2.83. The first-order chi connectivity index (χ1) is 9.65. The zero-order chi connectivity index (χ0) is 14.4. The summed E-state index contributed by atoms with van der Waals surface area (Å²) in [4.78, 5) is 11.8. The van der Waals surface area contributed by atoms with Crippen molar-refractivity contribution in [3.05, 3.63) is 71.3 Å². The van der Waals surface area contributed by atoms with Gasteiger partial charge in [0, 0.05) is 0 Å². The van der Waals surface area contributed by atoms with Gasteiger partial charge in [-0.05, 0) is 25.0 Å². The Hall–Kier alpha value is -2.29. The van der Waals surface area contributed by atoms with Gasteiger partial charge in [0.15, 0.2) is 0 Å². The van der Waals surface area contributed by atoms with Gasteiger partial charge in [0.2, 0.25) is 0 Å². The van der Waals surface area contributed by atoms with E-state index in [4.69, 9.17) is 4.74 Å². The summed E-state index contributed by atoms with van der Waals surface area (Å²) < 4.78 is 5.20. The number of alkyl carbamates (subject to hydrolysis) is 1. The van der Waals surface area contributed by atoms with Crippen molar-refractivity contribution in [1.82, 2.24) is 5.32 Å². The predicted molar refractivity (Wildman–Crippen MR) is 79.4 cm³/mol. The third-order valence-corrected chi connectivity index (χ3v) is 3.09. The van der Waals surface area contributed by atoms with Crippen LogP contribution in [0.4, 0.5) is 4.79 Å². The number of amides is 1. The SMILES string of the molecule is Cc1cccc([C@@H](C)NC(=O)OCc2ccccc2)c1. The normalized spacial score (nSPS) is 11.7. The fourth-order valence-electron chi connectivity index (χ4n) is 1.96. The molecule has 0 aromatic heterocycles. The van der Waals surface area contributed by atoms with E-state index in [1.165, 1.54) is 5.56 Å². The fraction of sp³-hybridized carbons (Fsp3) is 0.235. The van der Waals surface area contributed by atoms with Gasteiger partial charge in [0.25, 0.3) is 0 Å². The molecule has 1 amide bonds. The Balaban J connectivity index is 1.85. The summed E-state index contributed by atoms with van der Waals surface area (Å²) >= 11 is 0. The van der Waals surface area contributed by atoms with Crippen molar-refractivity contribution in [1.29, 1.82) is 0 Å². The van der Waals surface area contributed by atoms with Crippen molar-refractivity contribution in [2.24, 2.45) is 0 Å². The van der Waals surface area contributed by atoms with Gasteiger partial charge < -0.3 is 10.1 Å². The summed E-state index contributed by atoms with van der Waals surface area (Å²) in [5.74, 6) is 0. The minimum atomic E-state index is -0.400. The predicted octanol–water partition coefficient (Wildman–Crippen LogP) is 3.98. The van der Waals surface area contributed by atoms with Crippen LogP contribution in [0, 0.1) is 6.92 Å². The van der Waals surface area contributed by atoms with E-state index < -0.39 is 6.09 Å². The molecule has 20 heavy (non-hydrogen) atoms. The number of aryl methyl sites for hydroxylation is 1. The number of benzene rings is 2. The maximum atomic E-state index is 11.8. The standard InChI is InChI=1S/C17H19NO2/c1-13-7-6-10-16(11-13)14(2)18-17(19)20-12-15-8-4-3-5-9-15/h3-11,14H,12H2,1-2H3,(H,18,19)/t14-/m1/s1. The van der Waals surface area contributed by atoms with Crippen molar-refractivity contribution >= 4 is 6.09 Å². The number of carbonyl (C=O) groups is 1. The molecule has 1 atom stereocenters. The molecule has 0 unspecified atom stereocenters. The number of hydrogen-bond donors (Lipinski definition) is 1. The quantitative estimate of drug-likeness (QED) is 0.911. The fourth-order valence-corrected chi connectivity index (χ4v) is 1.96. The molecule has 3 heteroatoms. The van der Waals surface area contributed by atoms with Crippen LogP contribution in [-0.2, 0) is 11.3 Å². The summed E-state index contributed by atoms with van der Waals surface area (Å²) in [6, 6.07) is 17.6. The summed E-state index contributed by atoms with van der Waals surface area (Å²) in [7, 11) is 0. The highest BCUT2D eigenvalue weighted by Crippen LogP contribution is 2.14. The lowest BCUT2D eigenvalue weighted by Crippen LogP contribution is -2.27. The van der Waals surface area contributed by atoms with Crippen LogP contribution in [0.3, 0.4) is 0 Å². The third-order valence-electron chi connectivity index (χ3n) is 3.09. The zero-order valence-electron chi connectivity index (χ0n) is 11.8. The monoisotopic (exact) mass is 269 g/mol. The first-order valence-corrected chi connectivity index (χ1v) is 6.69. The lowest BCUT2D eigenvalue weighted by atomic mass is 10.1. The third kappa shape index (κ3) is 4.12. The first-order valence-electron chi connectivity index (χ1n) is 6.69. The highest BCUT2D eigenvalue weighted by Gasteiger charge is 2.10. The number of nitrogens with one attached hydrogen (secondary N) is 1. The minimum absolute atomic E-state index is 0.0711. The minimum Gasteiger partial charge on any atom is -0.445 e. The van der Waals surface area contributed by atoms with Crippen molar-refractivity contribution in [2.45, 2.75) is 26.5 Å². The maximum Gasteiger partial charge on any atom is 0.407 e. The maximum absolute atomic E-state index is 11.8. The van der Waals surface area contributed by atoms with Gasteiger partial charge in [-0.3, -0.25) is 0 Å². The summed E-state index contributed by atoms with van der Waals surface area (Å²) in [5.41, 5.74) is 3.22. The van der Waals surface area contributed by atoms with E-state index in [1.54, 1.807) is 0 Å². The van der Waals surface area contributed by atoms with E-state index in [2.05, 4.69) is 11.4 Å². The van der Waals surface area contributed by atoms with Crippen LogP contribution in [0.25, 0.3) is 0 Å². The highest BCUT2D eigenvalue weighted by atomic mass is 16.5. The Morgan fingerprint density at radius 2 is 1.90 bits per heavy atom. The molecule has 0 bridgehead atoms. The van der Waals surface area contributed by atoms with E-state index in [-0.39, 0.29) is 12.6 Å². The molecule has 2 aromatic carbocycles. The van der Waals surface area contributed by atoms with Gasteiger partial charge in [-0.15, -0.1) is 0 Å². The lowest BCUT2D eigenvalue weighted by Gasteiger charge is -2.15. The molecule has 0 aliphatic carbocycles. The number of carbonyl (C=O) groups excluding carboxylic acids is 1. The van der Waals surface area contributed by atoms with Crippen molar-refractivity contribution in [3.8, 4) is 0 Å². The van der Waals surface area contributed by atoms with E-state index in [9.17, 15) is 4.79 Å². The summed E-state index contributed by atoms with van der Waals surface area (Å²) in [6.07, 6.45) is -0.400. The molecule has 0 fully saturated rings.